The molecule has 0 bridgehead atoms. The third-order valence-electron chi connectivity index (χ3n) is 10.6. The van der Waals surface area contributed by atoms with E-state index in [0.717, 1.165) is 85.4 Å². The molecule has 1 aliphatic heterocycles. The van der Waals surface area contributed by atoms with Crippen molar-refractivity contribution in [3.8, 4) is 22.6 Å². The number of para-hydroxylation sites is 1. The van der Waals surface area contributed by atoms with E-state index in [0.29, 0.717) is 0 Å². The van der Waals surface area contributed by atoms with Crippen LogP contribution in [0.1, 0.15) is 27.9 Å². The standard InChI is InChI=1S/C49H53N5O4S2/c1-37-34-46(26-27-48(37)50-41(28-29-52(2)3)36-59-45-15-8-5-9-16-45)60(56,57)51-49(55)39-18-22-42(23-19-39)54-32-30-53(31-33-54)35-40-12-10-11-17-47(40)38-20-24-44(25-21-38)58-43-13-6-4-7-14-43/h4-27,34,41,50H,28-33,35-36H2,1-3H3,(H,51,55)/t41-/m1/s1. The highest BCUT2D eigenvalue weighted by atomic mass is 32.2. The molecule has 1 heterocycles. The van der Waals surface area contributed by atoms with E-state index >= 15 is 0 Å². The molecule has 0 spiro atoms. The van der Waals surface area contributed by atoms with Gasteiger partial charge in [-0.3, -0.25) is 9.69 Å². The molecular formula is C49H53N5O4S2. The van der Waals surface area contributed by atoms with Crippen LogP contribution in [0.3, 0.4) is 0 Å². The fraction of sp³-hybridized carbons (Fsp3) is 0.245. The predicted octanol–water partition coefficient (Wildman–Crippen LogP) is 9.42. The second-order valence-electron chi connectivity index (χ2n) is 15.4. The molecule has 1 amide bonds. The van der Waals surface area contributed by atoms with Crippen LogP contribution in [0, 0.1) is 6.92 Å². The summed E-state index contributed by atoms with van der Waals surface area (Å²) in [5.74, 6) is 1.81. The molecule has 6 aromatic carbocycles. The van der Waals surface area contributed by atoms with Gasteiger partial charge in [-0.25, -0.2) is 13.1 Å². The topological polar surface area (TPSA) is 94.2 Å². The number of sulfonamides is 1. The first-order chi connectivity index (χ1) is 29.1. The lowest BCUT2D eigenvalue weighted by Crippen LogP contribution is -2.46. The van der Waals surface area contributed by atoms with Gasteiger partial charge in [0.1, 0.15) is 11.5 Å². The number of piperazine rings is 1. The molecule has 0 radical (unpaired) electrons. The van der Waals surface area contributed by atoms with Crippen LogP contribution in [0.15, 0.2) is 161 Å². The quantitative estimate of drug-likeness (QED) is 0.0872. The third kappa shape index (κ3) is 11.6. The van der Waals surface area contributed by atoms with E-state index < -0.39 is 15.9 Å². The number of hydrogen-bond donors (Lipinski definition) is 2. The van der Waals surface area contributed by atoms with Crippen molar-refractivity contribution in [2.75, 3.05) is 62.8 Å². The number of thioether (sulfide) groups is 1. The second-order valence-corrected chi connectivity index (χ2v) is 18.2. The van der Waals surface area contributed by atoms with Crippen molar-refractivity contribution in [3.63, 3.8) is 0 Å². The van der Waals surface area contributed by atoms with Crippen LogP contribution >= 0.6 is 11.8 Å². The van der Waals surface area contributed by atoms with E-state index in [1.54, 1.807) is 42.1 Å². The maximum absolute atomic E-state index is 13.4. The Morgan fingerprint density at radius 1 is 0.767 bits per heavy atom. The molecule has 1 aliphatic rings. The maximum Gasteiger partial charge on any atom is 0.264 e. The zero-order valence-electron chi connectivity index (χ0n) is 34.5. The molecule has 6 aromatic rings. The van der Waals surface area contributed by atoms with E-state index in [9.17, 15) is 13.2 Å². The van der Waals surface area contributed by atoms with E-state index in [1.807, 2.05) is 79.7 Å². The summed E-state index contributed by atoms with van der Waals surface area (Å²) in [5, 5.41) is 3.64. The number of benzene rings is 6. The number of carbonyl (C=O) groups is 1. The van der Waals surface area contributed by atoms with Gasteiger partial charge in [0.05, 0.1) is 4.90 Å². The van der Waals surface area contributed by atoms with Gasteiger partial charge in [0.2, 0.25) is 0 Å². The molecule has 9 nitrogen and oxygen atoms in total. The van der Waals surface area contributed by atoms with Crippen molar-refractivity contribution in [2.45, 2.75) is 35.7 Å². The van der Waals surface area contributed by atoms with Gasteiger partial charge >= 0.3 is 0 Å². The summed E-state index contributed by atoms with van der Waals surface area (Å²) in [4.78, 5) is 21.4. The summed E-state index contributed by atoms with van der Waals surface area (Å²) >= 11 is 1.79. The first-order valence-electron chi connectivity index (χ1n) is 20.4. The Morgan fingerprint density at radius 2 is 1.42 bits per heavy atom. The zero-order chi connectivity index (χ0) is 41.9. The van der Waals surface area contributed by atoms with Crippen molar-refractivity contribution in [2.24, 2.45) is 0 Å². The van der Waals surface area contributed by atoms with Crippen molar-refractivity contribution in [1.29, 1.82) is 0 Å². The van der Waals surface area contributed by atoms with Crippen LogP contribution in [0.2, 0.25) is 0 Å². The summed E-state index contributed by atoms with van der Waals surface area (Å²) in [7, 11) is 0.0195. The molecule has 60 heavy (non-hydrogen) atoms. The number of nitrogens with zero attached hydrogens (tertiary/aromatic N) is 3. The minimum Gasteiger partial charge on any atom is -0.457 e. The first-order valence-corrected chi connectivity index (χ1v) is 22.8. The second kappa shape index (κ2) is 20.1. The van der Waals surface area contributed by atoms with Gasteiger partial charge in [0.15, 0.2) is 0 Å². The molecule has 11 heteroatoms. The van der Waals surface area contributed by atoms with Crippen molar-refractivity contribution in [1.82, 2.24) is 14.5 Å². The number of anilines is 2. The Bertz CT molecular complexity index is 2420. The Balaban J connectivity index is 0.911. The highest BCUT2D eigenvalue weighted by molar-refractivity contribution is 7.99. The van der Waals surface area contributed by atoms with Crippen LogP contribution in [-0.4, -0.2) is 82.7 Å². The molecule has 0 aliphatic carbocycles. The molecule has 0 aromatic heterocycles. The van der Waals surface area contributed by atoms with Gasteiger partial charge < -0.3 is 19.9 Å². The van der Waals surface area contributed by atoms with Crippen molar-refractivity contribution < 1.29 is 17.9 Å². The summed E-state index contributed by atoms with van der Waals surface area (Å²) in [5.41, 5.74) is 6.57. The number of amides is 1. The van der Waals surface area contributed by atoms with Gasteiger partial charge in [0, 0.05) is 66.4 Å². The molecule has 310 valence electrons. The Labute approximate surface area is 359 Å². The lowest BCUT2D eigenvalue weighted by Gasteiger charge is -2.36. The molecule has 0 saturated carbocycles. The predicted molar refractivity (Wildman–Crippen MR) is 246 cm³/mol. The number of rotatable bonds is 17. The van der Waals surface area contributed by atoms with Gasteiger partial charge in [-0.1, -0.05) is 72.8 Å². The van der Waals surface area contributed by atoms with Gasteiger partial charge in [-0.2, -0.15) is 0 Å². The van der Waals surface area contributed by atoms with Crippen LogP contribution in [0.4, 0.5) is 11.4 Å². The smallest absolute Gasteiger partial charge is 0.264 e. The molecule has 1 fully saturated rings. The van der Waals surface area contributed by atoms with E-state index in [4.69, 9.17) is 4.74 Å². The number of carbonyl (C=O) groups excluding carboxylic acids is 1. The first kappa shape index (κ1) is 42.5. The zero-order valence-corrected chi connectivity index (χ0v) is 36.1. The lowest BCUT2D eigenvalue weighted by molar-refractivity contribution is 0.0981. The monoisotopic (exact) mass is 839 g/mol. The van der Waals surface area contributed by atoms with Crippen LogP contribution in [0.25, 0.3) is 11.1 Å². The molecular weight excluding hydrogens is 787 g/mol. The third-order valence-corrected chi connectivity index (χ3v) is 13.1. The molecule has 1 saturated heterocycles. The SMILES string of the molecule is Cc1cc(S(=O)(=O)NC(=O)c2ccc(N3CCN(Cc4ccccc4-c4ccc(Oc5ccccc5)cc4)CC3)cc2)ccc1N[C@H](CCN(C)C)CSc1ccccc1. The number of hydrogen-bond acceptors (Lipinski definition) is 9. The fourth-order valence-electron chi connectivity index (χ4n) is 7.25. The van der Waals surface area contributed by atoms with Crippen LogP contribution < -0.4 is 19.7 Å². The normalized spacial score (nSPS) is 13.8. The number of nitrogens with one attached hydrogen (secondary N) is 2. The number of aryl methyl sites for hydroxylation is 1. The molecule has 1 atom stereocenters. The highest BCUT2D eigenvalue weighted by Gasteiger charge is 2.22. The maximum atomic E-state index is 13.4. The Kier molecular flexibility index (Phi) is 14.3. The van der Waals surface area contributed by atoms with Crippen molar-refractivity contribution in [3.05, 3.63) is 168 Å². The minimum atomic E-state index is -4.10. The number of ether oxygens (including phenoxy) is 1. The Hall–Kier alpha value is -5.59. The largest absolute Gasteiger partial charge is 0.457 e. The Morgan fingerprint density at radius 3 is 2.10 bits per heavy atom. The average molecular weight is 840 g/mol. The average Bonchev–Trinajstić information content (AvgIpc) is 3.26. The van der Waals surface area contributed by atoms with Crippen molar-refractivity contribution >= 4 is 39.1 Å². The van der Waals surface area contributed by atoms with Gasteiger partial charge in [0.25, 0.3) is 15.9 Å². The van der Waals surface area contributed by atoms with Gasteiger partial charge in [-0.15, -0.1) is 11.8 Å². The molecule has 0 unspecified atom stereocenters. The van der Waals surface area contributed by atoms with Crippen LogP contribution in [-0.2, 0) is 16.6 Å². The molecule has 2 N–H and O–H groups in total. The summed E-state index contributed by atoms with van der Waals surface area (Å²) in [6, 6.07) is 49.2. The van der Waals surface area contributed by atoms with Crippen LogP contribution in [0.5, 0.6) is 11.5 Å². The summed E-state index contributed by atoms with van der Waals surface area (Å²) in [6.45, 7) is 7.08. The summed E-state index contributed by atoms with van der Waals surface area (Å²) in [6.07, 6.45) is 0.926. The van der Waals surface area contributed by atoms with E-state index in [1.165, 1.54) is 16.0 Å². The minimum absolute atomic E-state index is 0.0471. The van der Waals surface area contributed by atoms with Gasteiger partial charge in [-0.05, 0) is 135 Å². The fourth-order valence-corrected chi connectivity index (χ4v) is 9.30. The lowest BCUT2D eigenvalue weighted by atomic mass is 9.99. The molecule has 7 rings (SSSR count). The van der Waals surface area contributed by atoms with E-state index in [2.05, 4.69) is 87.4 Å². The van der Waals surface area contributed by atoms with E-state index in [-0.39, 0.29) is 16.5 Å². The highest BCUT2D eigenvalue weighted by Crippen LogP contribution is 2.30. The summed E-state index contributed by atoms with van der Waals surface area (Å²) < 4.78 is 35.1.